The van der Waals surface area contributed by atoms with Crippen molar-refractivity contribution in [2.75, 3.05) is 33.2 Å². The SMILES string of the molecule is CN=C(NCCCCN1CCC(C(N)=O)CC1)NC1CCCC1.I. The van der Waals surface area contributed by atoms with Gasteiger partial charge in [-0.1, -0.05) is 12.8 Å². The maximum atomic E-state index is 11.2. The van der Waals surface area contributed by atoms with Crippen LogP contribution in [-0.4, -0.2) is 56.0 Å². The average molecular weight is 451 g/mol. The van der Waals surface area contributed by atoms with Crippen LogP contribution in [-0.2, 0) is 4.79 Å². The van der Waals surface area contributed by atoms with Crippen molar-refractivity contribution in [2.24, 2.45) is 16.6 Å². The van der Waals surface area contributed by atoms with Crippen molar-refractivity contribution >= 4 is 35.8 Å². The Morgan fingerprint density at radius 1 is 1.17 bits per heavy atom. The standard InChI is InChI=1S/C17H33N5O.HI/c1-19-17(21-15-6-2-3-7-15)20-10-4-5-11-22-12-8-14(9-13-22)16(18)23;/h14-15H,2-13H2,1H3,(H2,18,23)(H2,19,20,21);1H. The van der Waals surface area contributed by atoms with Gasteiger partial charge in [0.05, 0.1) is 0 Å². The molecule has 24 heavy (non-hydrogen) atoms. The highest BCUT2D eigenvalue weighted by Crippen LogP contribution is 2.18. The van der Waals surface area contributed by atoms with E-state index in [1.165, 1.54) is 32.1 Å². The Hall–Kier alpha value is -0.570. The van der Waals surface area contributed by atoms with Gasteiger partial charge in [-0.2, -0.15) is 0 Å². The lowest BCUT2D eigenvalue weighted by Gasteiger charge is -2.30. The highest BCUT2D eigenvalue weighted by Gasteiger charge is 2.22. The maximum Gasteiger partial charge on any atom is 0.220 e. The molecular formula is C17H34IN5O. The number of halogens is 1. The fourth-order valence-corrected chi connectivity index (χ4v) is 3.57. The summed E-state index contributed by atoms with van der Waals surface area (Å²) in [7, 11) is 1.84. The third-order valence-corrected chi connectivity index (χ3v) is 5.10. The molecule has 0 atom stereocenters. The van der Waals surface area contributed by atoms with E-state index >= 15 is 0 Å². The summed E-state index contributed by atoms with van der Waals surface area (Å²) in [6.07, 6.45) is 9.36. The number of carbonyl (C=O) groups excluding carboxylic acids is 1. The van der Waals surface area contributed by atoms with Gasteiger partial charge < -0.3 is 21.3 Å². The lowest BCUT2D eigenvalue weighted by molar-refractivity contribution is -0.123. The van der Waals surface area contributed by atoms with Gasteiger partial charge in [0.25, 0.3) is 0 Å². The molecule has 0 aromatic heterocycles. The minimum absolute atomic E-state index is 0. The summed E-state index contributed by atoms with van der Waals surface area (Å²) >= 11 is 0. The van der Waals surface area contributed by atoms with E-state index < -0.39 is 0 Å². The maximum absolute atomic E-state index is 11.2. The largest absolute Gasteiger partial charge is 0.369 e. The average Bonchev–Trinajstić information content (AvgIpc) is 3.07. The molecule has 1 aliphatic heterocycles. The summed E-state index contributed by atoms with van der Waals surface area (Å²) in [5, 5.41) is 6.92. The predicted octanol–water partition coefficient (Wildman–Crippen LogP) is 1.69. The van der Waals surface area contributed by atoms with Gasteiger partial charge in [-0.3, -0.25) is 9.79 Å². The number of primary amides is 1. The predicted molar refractivity (Wildman–Crippen MR) is 110 cm³/mol. The van der Waals surface area contributed by atoms with Crippen LogP contribution in [0.4, 0.5) is 0 Å². The van der Waals surface area contributed by atoms with Crippen LogP contribution in [0, 0.1) is 5.92 Å². The molecule has 140 valence electrons. The molecule has 1 amide bonds. The van der Waals surface area contributed by atoms with Gasteiger partial charge in [-0.25, -0.2) is 0 Å². The first-order valence-electron chi connectivity index (χ1n) is 9.18. The van der Waals surface area contributed by atoms with Gasteiger partial charge in [-0.15, -0.1) is 24.0 Å². The van der Waals surface area contributed by atoms with E-state index in [0.29, 0.717) is 6.04 Å². The molecule has 0 spiro atoms. The van der Waals surface area contributed by atoms with Gasteiger partial charge in [0.15, 0.2) is 5.96 Å². The van der Waals surface area contributed by atoms with Gasteiger partial charge in [0.2, 0.25) is 5.91 Å². The third kappa shape index (κ3) is 7.55. The molecule has 1 heterocycles. The summed E-state index contributed by atoms with van der Waals surface area (Å²) in [6, 6.07) is 0.604. The number of hydrogen-bond donors (Lipinski definition) is 3. The lowest BCUT2D eigenvalue weighted by Crippen LogP contribution is -2.42. The molecule has 0 unspecified atom stereocenters. The zero-order valence-corrected chi connectivity index (χ0v) is 17.3. The van der Waals surface area contributed by atoms with Crippen molar-refractivity contribution in [2.45, 2.75) is 57.4 Å². The Bertz CT molecular complexity index is 390. The molecule has 0 radical (unpaired) electrons. The van der Waals surface area contributed by atoms with Crippen LogP contribution < -0.4 is 16.4 Å². The zero-order chi connectivity index (χ0) is 16.5. The van der Waals surface area contributed by atoms with E-state index in [1.54, 1.807) is 0 Å². The van der Waals surface area contributed by atoms with E-state index in [-0.39, 0.29) is 35.8 Å². The Labute approximate surface area is 163 Å². The van der Waals surface area contributed by atoms with E-state index in [0.717, 1.165) is 51.4 Å². The molecule has 0 bridgehead atoms. The molecule has 2 aliphatic rings. The second kappa shape index (κ2) is 11.9. The first-order valence-corrected chi connectivity index (χ1v) is 9.18. The number of nitrogens with zero attached hydrogens (tertiary/aromatic N) is 2. The number of amides is 1. The summed E-state index contributed by atoms with van der Waals surface area (Å²) in [5.74, 6) is 0.909. The molecule has 1 aliphatic carbocycles. The molecule has 0 aromatic carbocycles. The monoisotopic (exact) mass is 451 g/mol. The smallest absolute Gasteiger partial charge is 0.220 e. The zero-order valence-electron chi connectivity index (χ0n) is 14.9. The minimum atomic E-state index is -0.130. The molecule has 2 rings (SSSR count). The molecule has 2 fully saturated rings. The minimum Gasteiger partial charge on any atom is -0.369 e. The Kier molecular flexibility index (Phi) is 10.6. The molecular weight excluding hydrogens is 417 g/mol. The Morgan fingerprint density at radius 2 is 1.83 bits per heavy atom. The van der Waals surface area contributed by atoms with Gasteiger partial charge in [0, 0.05) is 25.6 Å². The van der Waals surface area contributed by atoms with Gasteiger partial charge in [0.1, 0.15) is 0 Å². The lowest BCUT2D eigenvalue weighted by atomic mass is 9.96. The van der Waals surface area contributed by atoms with Crippen LogP contribution in [0.2, 0.25) is 0 Å². The highest BCUT2D eigenvalue weighted by atomic mass is 127. The topological polar surface area (TPSA) is 82.8 Å². The number of piperidine rings is 1. The van der Waals surface area contributed by atoms with Gasteiger partial charge >= 0.3 is 0 Å². The summed E-state index contributed by atoms with van der Waals surface area (Å²) in [4.78, 5) is 17.9. The van der Waals surface area contributed by atoms with Crippen LogP contribution in [0.3, 0.4) is 0 Å². The van der Waals surface area contributed by atoms with E-state index in [2.05, 4.69) is 20.5 Å². The first kappa shape index (κ1) is 21.5. The fraction of sp³-hybridized carbons (Fsp3) is 0.882. The molecule has 6 nitrogen and oxygen atoms in total. The first-order chi connectivity index (χ1) is 11.2. The van der Waals surface area contributed by atoms with E-state index in [1.807, 2.05) is 7.05 Å². The molecule has 4 N–H and O–H groups in total. The number of hydrogen-bond acceptors (Lipinski definition) is 3. The van der Waals surface area contributed by atoms with E-state index in [9.17, 15) is 4.79 Å². The third-order valence-electron chi connectivity index (χ3n) is 5.10. The van der Waals surface area contributed by atoms with Crippen molar-refractivity contribution in [1.82, 2.24) is 15.5 Å². The van der Waals surface area contributed by atoms with Gasteiger partial charge in [-0.05, 0) is 58.2 Å². The van der Waals surface area contributed by atoms with Crippen LogP contribution in [0.25, 0.3) is 0 Å². The number of carbonyl (C=O) groups is 1. The summed E-state index contributed by atoms with van der Waals surface area (Å²) in [6.45, 7) is 4.09. The number of nitrogens with two attached hydrogens (primary N) is 1. The number of guanidine groups is 1. The molecule has 7 heteroatoms. The summed E-state index contributed by atoms with van der Waals surface area (Å²) < 4.78 is 0. The van der Waals surface area contributed by atoms with Crippen molar-refractivity contribution < 1.29 is 4.79 Å². The van der Waals surface area contributed by atoms with E-state index in [4.69, 9.17) is 5.73 Å². The normalized spacial score (nSPS) is 20.6. The van der Waals surface area contributed by atoms with Crippen molar-refractivity contribution in [3.05, 3.63) is 0 Å². The molecule has 1 saturated heterocycles. The quantitative estimate of drug-likeness (QED) is 0.238. The van der Waals surface area contributed by atoms with Crippen LogP contribution >= 0.6 is 24.0 Å². The molecule has 1 saturated carbocycles. The fourth-order valence-electron chi connectivity index (χ4n) is 3.57. The summed E-state index contributed by atoms with van der Waals surface area (Å²) in [5.41, 5.74) is 5.37. The number of aliphatic imine (C=N–C) groups is 1. The Morgan fingerprint density at radius 3 is 2.42 bits per heavy atom. The van der Waals surface area contributed by atoms with Crippen LogP contribution in [0.15, 0.2) is 4.99 Å². The van der Waals surface area contributed by atoms with Crippen molar-refractivity contribution in [3.63, 3.8) is 0 Å². The second-order valence-corrected chi connectivity index (χ2v) is 6.85. The van der Waals surface area contributed by atoms with Crippen molar-refractivity contribution in [3.8, 4) is 0 Å². The van der Waals surface area contributed by atoms with Crippen molar-refractivity contribution in [1.29, 1.82) is 0 Å². The number of nitrogens with one attached hydrogen (secondary N) is 2. The highest BCUT2D eigenvalue weighted by molar-refractivity contribution is 14.0. The van der Waals surface area contributed by atoms with Crippen LogP contribution in [0.1, 0.15) is 51.4 Å². The number of likely N-dealkylation sites (tertiary alicyclic amines) is 1. The number of unbranched alkanes of at least 4 members (excludes halogenated alkanes) is 1. The van der Waals surface area contributed by atoms with Crippen LogP contribution in [0.5, 0.6) is 0 Å². The number of rotatable bonds is 7. The second-order valence-electron chi connectivity index (χ2n) is 6.85. The Balaban J connectivity index is 0.00000288. The molecule has 0 aromatic rings.